The quantitative estimate of drug-likeness (QED) is 0.639. The molecule has 0 spiro atoms. The summed E-state index contributed by atoms with van der Waals surface area (Å²) in [5.41, 5.74) is 2.24. The smallest absolute Gasteiger partial charge is 0.255 e. The van der Waals surface area contributed by atoms with Crippen LogP contribution in [0.5, 0.6) is 17.2 Å². The Hall–Kier alpha value is -3.74. The first kappa shape index (κ1) is 18.6. The predicted octanol–water partition coefficient (Wildman–Crippen LogP) is 3.73. The van der Waals surface area contributed by atoms with Gasteiger partial charge in [-0.2, -0.15) is 0 Å². The molecule has 4 rings (SSSR count). The van der Waals surface area contributed by atoms with Crippen molar-refractivity contribution in [3.63, 3.8) is 0 Å². The molecule has 2 heterocycles. The molecule has 0 atom stereocenters. The van der Waals surface area contributed by atoms with Gasteiger partial charge in [-0.25, -0.2) is 4.98 Å². The Balaban J connectivity index is 1.31. The molecule has 0 aliphatic carbocycles. The number of ether oxygens (including phenoxy) is 3. The lowest BCUT2D eigenvalue weighted by Crippen LogP contribution is -2.12. The summed E-state index contributed by atoms with van der Waals surface area (Å²) in [6.45, 7) is 0.895. The van der Waals surface area contributed by atoms with Gasteiger partial charge in [0.15, 0.2) is 11.5 Å². The van der Waals surface area contributed by atoms with Gasteiger partial charge in [0.25, 0.3) is 5.91 Å². The molecule has 148 valence electrons. The predicted molar refractivity (Wildman–Crippen MR) is 110 cm³/mol. The largest absolute Gasteiger partial charge is 0.496 e. The summed E-state index contributed by atoms with van der Waals surface area (Å²) in [5, 5.41) is 6.11. The topological polar surface area (TPSA) is 81.7 Å². The lowest BCUT2D eigenvalue weighted by atomic mass is 10.1. The van der Waals surface area contributed by atoms with Crippen molar-refractivity contribution in [2.45, 2.75) is 6.42 Å². The summed E-state index contributed by atoms with van der Waals surface area (Å²) in [6.07, 6.45) is 2.44. The van der Waals surface area contributed by atoms with Gasteiger partial charge in [0.1, 0.15) is 11.6 Å². The summed E-state index contributed by atoms with van der Waals surface area (Å²) < 4.78 is 15.9. The molecule has 7 nitrogen and oxygen atoms in total. The van der Waals surface area contributed by atoms with Crippen LogP contribution in [0.3, 0.4) is 0 Å². The molecular formula is C22H21N3O4. The van der Waals surface area contributed by atoms with Crippen molar-refractivity contribution in [2.75, 3.05) is 31.1 Å². The number of amides is 1. The minimum absolute atomic E-state index is 0.176. The SMILES string of the molecule is COc1ccccc1CCNc1ccc(NC(=O)c2ccc3c(c2)OCO3)cn1. The third-order valence-electron chi connectivity index (χ3n) is 4.55. The van der Waals surface area contributed by atoms with Crippen LogP contribution in [-0.2, 0) is 6.42 Å². The van der Waals surface area contributed by atoms with Crippen LogP contribution in [0, 0.1) is 0 Å². The fourth-order valence-corrected chi connectivity index (χ4v) is 3.05. The highest BCUT2D eigenvalue weighted by molar-refractivity contribution is 6.04. The highest BCUT2D eigenvalue weighted by Crippen LogP contribution is 2.32. The molecule has 7 heteroatoms. The lowest BCUT2D eigenvalue weighted by Gasteiger charge is -2.10. The van der Waals surface area contributed by atoms with E-state index in [1.807, 2.05) is 36.4 Å². The standard InChI is InChI=1S/C22H21N3O4/c1-27-18-5-3-2-4-15(18)10-11-23-21-9-7-17(13-24-21)25-22(26)16-6-8-19-20(12-16)29-14-28-19/h2-9,12-13H,10-11,14H2,1H3,(H,23,24)(H,25,26). The highest BCUT2D eigenvalue weighted by Gasteiger charge is 2.16. The van der Waals surface area contributed by atoms with Crippen molar-refractivity contribution in [1.29, 1.82) is 0 Å². The zero-order valence-corrected chi connectivity index (χ0v) is 16.0. The number of nitrogens with zero attached hydrogens (tertiary/aromatic N) is 1. The molecular weight excluding hydrogens is 370 g/mol. The van der Waals surface area contributed by atoms with Crippen LogP contribution in [0.4, 0.5) is 11.5 Å². The summed E-state index contributed by atoms with van der Waals surface area (Å²) in [7, 11) is 1.67. The number of rotatable bonds is 7. The van der Waals surface area contributed by atoms with E-state index in [-0.39, 0.29) is 12.7 Å². The molecule has 2 aromatic carbocycles. The number of anilines is 2. The molecule has 3 aromatic rings. The third-order valence-corrected chi connectivity index (χ3v) is 4.55. The number of carbonyl (C=O) groups excluding carboxylic acids is 1. The molecule has 29 heavy (non-hydrogen) atoms. The van der Waals surface area contributed by atoms with Crippen LogP contribution < -0.4 is 24.8 Å². The highest BCUT2D eigenvalue weighted by atomic mass is 16.7. The third kappa shape index (κ3) is 4.40. The van der Waals surface area contributed by atoms with Gasteiger partial charge in [-0.05, 0) is 48.4 Å². The number of hydrogen-bond acceptors (Lipinski definition) is 6. The minimum Gasteiger partial charge on any atom is -0.496 e. The zero-order chi connectivity index (χ0) is 20.1. The number of fused-ring (bicyclic) bond motifs is 1. The summed E-state index contributed by atoms with van der Waals surface area (Å²) in [6, 6.07) is 16.7. The number of pyridine rings is 1. The maximum absolute atomic E-state index is 12.4. The van der Waals surface area contributed by atoms with Gasteiger partial charge in [0.05, 0.1) is 19.0 Å². The average molecular weight is 391 g/mol. The van der Waals surface area contributed by atoms with Gasteiger partial charge in [0.2, 0.25) is 6.79 Å². The minimum atomic E-state index is -0.234. The van der Waals surface area contributed by atoms with E-state index in [4.69, 9.17) is 14.2 Å². The normalized spacial score (nSPS) is 11.8. The van der Waals surface area contributed by atoms with Crippen LogP contribution in [-0.4, -0.2) is 31.3 Å². The number of nitrogens with one attached hydrogen (secondary N) is 2. The van der Waals surface area contributed by atoms with Crippen LogP contribution in [0.2, 0.25) is 0 Å². The first-order valence-electron chi connectivity index (χ1n) is 9.26. The molecule has 1 amide bonds. The van der Waals surface area contributed by atoms with Gasteiger partial charge < -0.3 is 24.8 Å². The number of benzene rings is 2. The Labute approximate surface area is 168 Å². The average Bonchev–Trinajstić information content (AvgIpc) is 3.23. The van der Waals surface area contributed by atoms with E-state index in [1.54, 1.807) is 31.5 Å². The van der Waals surface area contributed by atoms with E-state index in [0.717, 1.165) is 30.1 Å². The Morgan fingerprint density at radius 1 is 1.10 bits per heavy atom. The van der Waals surface area contributed by atoms with Gasteiger partial charge in [-0.15, -0.1) is 0 Å². The fraction of sp³-hybridized carbons (Fsp3) is 0.182. The second-order valence-electron chi connectivity index (χ2n) is 6.44. The van der Waals surface area contributed by atoms with E-state index < -0.39 is 0 Å². The maximum Gasteiger partial charge on any atom is 0.255 e. The van der Waals surface area contributed by atoms with Crippen LogP contribution >= 0.6 is 0 Å². The molecule has 1 aliphatic heterocycles. The Morgan fingerprint density at radius 3 is 2.79 bits per heavy atom. The van der Waals surface area contributed by atoms with Crippen molar-refractivity contribution in [1.82, 2.24) is 4.98 Å². The Morgan fingerprint density at radius 2 is 1.97 bits per heavy atom. The van der Waals surface area contributed by atoms with Gasteiger partial charge in [-0.3, -0.25) is 4.79 Å². The van der Waals surface area contributed by atoms with E-state index in [2.05, 4.69) is 15.6 Å². The maximum atomic E-state index is 12.4. The summed E-state index contributed by atoms with van der Waals surface area (Å²) in [5.74, 6) is 2.60. The number of carbonyl (C=O) groups is 1. The summed E-state index contributed by atoms with van der Waals surface area (Å²) in [4.78, 5) is 16.8. The number of para-hydroxylation sites is 1. The van der Waals surface area contributed by atoms with Crippen molar-refractivity contribution >= 4 is 17.4 Å². The second-order valence-corrected chi connectivity index (χ2v) is 6.44. The van der Waals surface area contributed by atoms with E-state index in [0.29, 0.717) is 22.7 Å². The van der Waals surface area contributed by atoms with Crippen molar-refractivity contribution in [3.8, 4) is 17.2 Å². The van der Waals surface area contributed by atoms with E-state index in [9.17, 15) is 4.79 Å². The monoisotopic (exact) mass is 391 g/mol. The van der Waals surface area contributed by atoms with Gasteiger partial charge in [0, 0.05) is 12.1 Å². The van der Waals surface area contributed by atoms with Crippen molar-refractivity contribution < 1.29 is 19.0 Å². The van der Waals surface area contributed by atoms with Crippen LogP contribution in [0.25, 0.3) is 0 Å². The molecule has 1 aliphatic rings. The van der Waals surface area contributed by atoms with Crippen molar-refractivity contribution in [2.24, 2.45) is 0 Å². The molecule has 0 bridgehead atoms. The molecule has 0 saturated heterocycles. The Bertz CT molecular complexity index is 1010. The summed E-state index contributed by atoms with van der Waals surface area (Å²) >= 11 is 0. The van der Waals surface area contributed by atoms with Crippen LogP contribution in [0.15, 0.2) is 60.8 Å². The number of hydrogen-bond donors (Lipinski definition) is 2. The molecule has 1 aromatic heterocycles. The fourth-order valence-electron chi connectivity index (χ4n) is 3.05. The Kier molecular flexibility index (Phi) is 5.47. The van der Waals surface area contributed by atoms with E-state index >= 15 is 0 Å². The molecule has 0 saturated carbocycles. The van der Waals surface area contributed by atoms with Gasteiger partial charge >= 0.3 is 0 Å². The number of methoxy groups -OCH3 is 1. The molecule has 2 N–H and O–H groups in total. The van der Waals surface area contributed by atoms with Crippen molar-refractivity contribution in [3.05, 3.63) is 71.9 Å². The first-order valence-corrected chi connectivity index (χ1v) is 9.26. The second kappa shape index (κ2) is 8.52. The lowest BCUT2D eigenvalue weighted by molar-refractivity contribution is 0.102. The first-order chi connectivity index (χ1) is 14.2. The van der Waals surface area contributed by atoms with Crippen LogP contribution in [0.1, 0.15) is 15.9 Å². The number of aromatic nitrogens is 1. The van der Waals surface area contributed by atoms with Gasteiger partial charge in [-0.1, -0.05) is 18.2 Å². The molecule has 0 radical (unpaired) electrons. The molecule has 0 unspecified atom stereocenters. The zero-order valence-electron chi connectivity index (χ0n) is 16.0. The van der Waals surface area contributed by atoms with E-state index in [1.165, 1.54) is 0 Å². The molecule has 0 fully saturated rings.